The van der Waals surface area contributed by atoms with Gasteiger partial charge in [-0.15, -0.1) is 0 Å². The monoisotopic (exact) mass is 229 g/mol. The van der Waals surface area contributed by atoms with Crippen molar-refractivity contribution in [1.82, 2.24) is 4.98 Å². The van der Waals surface area contributed by atoms with E-state index in [1.807, 2.05) is 6.92 Å². The highest BCUT2D eigenvalue weighted by atomic mass is 79.9. The van der Waals surface area contributed by atoms with Crippen molar-refractivity contribution in [3.63, 3.8) is 0 Å². The Bertz CT molecular complexity index is 336. The van der Waals surface area contributed by atoms with Crippen LogP contribution >= 0.6 is 15.9 Å². The smallest absolute Gasteiger partial charge is 0.337 e. The first-order chi connectivity index (χ1) is 5.54. The molecular formula is C8H8BrNO2. The van der Waals surface area contributed by atoms with E-state index >= 15 is 0 Å². The maximum absolute atomic E-state index is 10.6. The average Bonchev–Trinajstić information content (AvgIpc) is 2.00. The van der Waals surface area contributed by atoms with E-state index in [9.17, 15) is 4.79 Å². The Kier molecular flexibility index (Phi) is 2.47. The number of rotatable bonds is 1. The Morgan fingerprint density at radius 3 is 2.67 bits per heavy atom. The quantitative estimate of drug-likeness (QED) is 0.804. The van der Waals surface area contributed by atoms with E-state index in [0.29, 0.717) is 0 Å². The maximum atomic E-state index is 10.6. The van der Waals surface area contributed by atoms with E-state index in [1.165, 1.54) is 6.20 Å². The molecule has 4 heteroatoms. The van der Waals surface area contributed by atoms with E-state index in [2.05, 4.69) is 20.9 Å². The Hall–Kier alpha value is -0.900. The van der Waals surface area contributed by atoms with Gasteiger partial charge in [-0.05, 0) is 35.3 Å². The van der Waals surface area contributed by atoms with Crippen molar-refractivity contribution in [3.05, 3.63) is 27.5 Å². The first kappa shape index (κ1) is 9.19. The minimum Gasteiger partial charge on any atom is -0.478 e. The van der Waals surface area contributed by atoms with Crippen LogP contribution in [-0.4, -0.2) is 16.1 Å². The lowest BCUT2D eigenvalue weighted by Crippen LogP contribution is -2.02. The molecule has 3 nitrogen and oxygen atoms in total. The summed E-state index contributed by atoms with van der Waals surface area (Å²) in [6.07, 6.45) is 1.37. The second-order valence-corrected chi connectivity index (χ2v) is 3.29. The van der Waals surface area contributed by atoms with Gasteiger partial charge in [-0.25, -0.2) is 4.79 Å². The molecule has 0 spiro atoms. The van der Waals surface area contributed by atoms with Gasteiger partial charge < -0.3 is 5.11 Å². The van der Waals surface area contributed by atoms with Gasteiger partial charge >= 0.3 is 5.97 Å². The second-order valence-electron chi connectivity index (χ2n) is 2.50. The van der Waals surface area contributed by atoms with Crippen LogP contribution in [0.1, 0.15) is 21.6 Å². The Labute approximate surface area is 78.6 Å². The fourth-order valence-corrected chi connectivity index (χ4v) is 1.24. The van der Waals surface area contributed by atoms with Crippen molar-refractivity contribution < 1.29 is 9.90 Å². The van der Waals surface area contributed by atoms with Crippen LogP contribution < -0.4 is 0 Å². The van der Waals surface area contributed by atoms with Crippen LogP contribution in [-0.2, 0) is 0 Å². The zero-order valence-corrected chi connectivity index (χ0v) is 8.34. The molecule has 0 radical (unpaired) electrons. The van der Waals surface area contributed by atoms with Gasteiger partial charge in [0.2, 0.25) is 0 Å². The number of nitrogens with zero attached hydrogens (tertiary/aromatic N) is 1. The molecule has 0 unspecified atom stereocenters. The molecule has 64 valence electrons. The number of carboxylic acids is 1. The molecule has 0 atom stereocenters. The first-order valence-corrected chi connectivity index (χ1v) is 4.18. The Morgan fingerprint density at radius 1 is 1.58 bits per heavy atom. The van der Waals surface area contributed by atoms with Crippen molar-refractivity contribution in [2.45, 2.75) is 13.8 Å². The number of carboxylic acid groups (broad SMARTS) is 1. The van der Waals surface area contributed by atoms with Crippen LogP contribution in [0.4, 0.5) is 0 Å². The van der Waals surface area contributed by atoms with Crippen LogP contribution in [0, 0.1) is 13.8 Å². The van der Waals surface area contributed by atoms with E-state index in [4.69, 9.17) is 5.11 Å². The SMILES string of the molecule is Cc1ncc(C(=O)O)c(C)c1Br. The van der Waals surface area contributed by atoms with Crippen LogP contribution in [0.5, 0.6) is 0 Å². The Morgan fingerprint density at radius 2 is 2.17 bits per heavy atom. The lowest BCUT2D eigenvalue weighted by molar-refractivity contribution is 0.0695. The lowest BCUT2D eigenvalue weighted by Gasteiger charge is -2.04. The van der Waals surface area contributed by atoms with E-state index in [0.717, 1.165) is 15.7 Å². The molecule has 1 aromatic rings. The molecule has 0 aliphatic heterocycles. The normalized spacial score (nSPS) is 9.92. The molecule has 1 aromatic heterocycles. The third-order valence-electron chi connectivity index (χ3n) is 1.67. The first-order valence-electron chi connectivity index (χ1n) is 3.39. The minimum atomic E-state index is -0.944. The van der Waals surface area contributed by atoms with Crippen molar-refractivity contribution >= 4 is 21.9 Å². The van der Waals surface area contributed by atoms with Crippen molar-refractivity contribution in [1.29, 1.82) is 0 Å². The van der Waals surface area contributed by atoms with Crippen molar-refractivity contribution in [3.8, 4) is 0 Å². The summed E-state index contributed by atoms with van der Waals surface area (Å²) in [4.78, 5) is 14.6. The molecule has 0 aromatic carbocycles. The molecule has 1 rings (SSSR count). The number of aryl methyl sites for hydroxylation is 1. The van der Waals surface area contributed by atoms with E-state index < -0.39 is 5.97 Å². The standard InChI is InChI=1S/C8H8BrNO2/c1-4-6(8(11)12)3-10-5(2)7(4)9/h3H,1-2H3,(H,11,12). The molecule has 0 amide bonds. The van der Waals surface area contributed by atoms with Gasteiger partial charge in [0.1, 0.15) is 0 Å². The summed E-state index contributed by atoms with van der Waals surface area (Å²) in [6, 6.07) is 0. The molecule has 1 heterocycles. The predicted molar refractivity (Wildman–Crippen MR) is 48.4 cm³/mol. The molecule has 12 heavy (non-hydrogen) atoms. The van der Waals surface area contributed by atoms with Crippen LogP contribution in [0.25, 0.3) is 0 Å². The van der Waals surface area contributed by atoms with Gasteiger partial charge in [0.25, 0.3) is 0 Å². The maximum Gasteiger partial charge on any atom is 0.337 e. The molecule has 0 saturated heterocycles. The highest BCUT2D eigenvalue weighted by Crippen LogP contribution is 2.21. The molecule has 1 N–H and O–H groups in total. The lowest BCUT2D eigenvalue weighted by atomic mass is 10.1. The summed E-state index contributed by atoms with van der Waals surface area (Å²) in [5.41, 5.74) is 1.76. The summed E-state index contributed by atoms with van der Waals surface area (Å²) in [6.45, 7) is 3.57. The fourth-order valence-electron chi connectivity index (χ4n) is 0.920. The highest BCUT2D eigenvalue weighted by molar-refractivity contribution is 9.10. The second kappa shape index (κ2) is 3.23. The predicted octanol–water partition coefficient (Wildman–Crippen LogP) is 2.16. The van der Waals surface area contributed by atoms with E-state index in [-0.39, 0.29) is 5.56 Å². The third-order valence-corrected chi connectivity index (χ3v) is 2.84. The Balaban J connectivity index is 3.36. The average molecular weight is 230 g/mol. The number of carbonyl (C=O) groups is 1. The number of aromatic carboxylic acids is 1. The third kappa shape index (κ3) is 1.48. The number of halogens is 1. The van der Waals surface area contributed by atoms with Gasteiger partial charge in [-0.1, -0.05) is 0 Å². The zero-order valence-electron chi connectivity index (χ0n) is 6.76. The van der Waals surface area contributed by atoms with Gasteiger partial charge in [0.05, 0.1) is 11.3 Å². The van der Waals surface area contributed by atoms with Gasteiger partial charge in [-0.3, -0.25) is 4.98 Å². The topological polar surface area (TPSA) is 50.2 Å². The van der Waals surface area contributed by atoms with Crippen molar-refractivity contribution in [2.75, 3.05) is 0 Å². The van der Waals surface area contributed by atoms with Gasteiger partial charge in [0.15, 0.2) is 0 Å². The van der Waals surface area contributed by atoms with Crippen LogP contribution in [0.15, 0.2) is 10.7 Å². The van der Waals surface area contributed by atoms with Crippen LogP contribution in [0.3, 0.4) is 0 Å². The summed E-state index contributed by atoms with van der Waals surface area (Å²) in [5, 5.41) is 8.72. The summed E-state index contributed by atoms with van der Waals surface area (Å²) >= 11 is 3.27. The zero-order chi connectivity index (χ0) is 9.30. The molecule has 0 aliphatic carbocycles. The van der Waals surface area contributed by atoms with Crippen LogP contribution in [0.2, 0.25) is 0 Å². The molecule has 0 bridgehead atoms. The van der Waals surface area contributed by atoms with Gasteiger partial charge in [-0.2, -0.15) is 0 Å². The van der Waals surface area contributed by atoms with Crippen molar-refractivity contribution in [2.24, 2.45) is 0 Å². The summed E-state index contributed by atoms with van der Waals surface area (Å²) in [7, 11) is 0. The highest BCUT2D eigenvalue weighted by Gasteiger charge is 2.11. The largest absolute Gasteiger partial charge is 0.478 e. The number of pyridine rings is 1. The molecular weight excluding hydrogens is 222 g/mol. The summed E-state index contributed by atoms with van der Waals surface area (Å²) in [5.74, 6) is -0.944. The molecule has 0 fully saturated rings. The minimum absolute atomic E-state index is 0.243. The molecule has 0 saturated carbocycles. The van der Waals surface area contributed by atoms with Gasteiger partial charge in [0, 0.05) is 10.7 Å². The summed E-state index contributed by atoms with van der Waals surface area (Å²) < 4.78 is 0.766. The van der Waals surface area contributed by atoms with E-state index in [1.54, 1.807) is 6.92 Å². The number of hydrogen-bond acceptors (Lipinski definition) is 2. The number of hydrogen-bond donors (Lipinski definition) is 1. The fraction of sp³-hybridized carbons (Fsp3) is 0.250. The molecule has 0 aliphatic rings. The number of aromatic nitrogens is 1.